The monoisotopic (exact) mass is 429 g/mol. The normalized spacial score (nSPS) is 23.8. The predicted octanol–water partition coefficient (Wildman–Crippen LogP) is 3.63. The summed E-state index contributed by atoms with van der Waals surface area (Å²) >= 11 is 0. The lowest BCUT2D eigenvalue weighted by Gasteiger charge is -2.48. The topological polar surface area (TPSA) is 57.2 Å². The maximum absolute atomic E-state index is 13.2. The number of anilines is 1. The number of piperidine rings is 2. The van der Waals surface area contributed by atoms with Crippen molar-refractivity contribution in [1.82, 2.24) is 19.4 Å². The molecular formula is C26H31N5O. The smallest absolute Gasteiger partial charge is 0.261 e. The number of aryl methyl sites for hydroxylation is 1. The summed E-state index contributed by atoms with van der Waals surface area (Å²) in [5.41, 5.74) is 4.69. The minimum atomic E-state index is 0.104. The van der Waals surface area contributed by atoms with E-state index in [0.29, 0.717) is 29.3 Å². The van der Waals surface area contributed by atoms with Crippen molar-refractivity contribution in [3.05, 3.63) is 70.4 Å². The second-order valence-corrected chi connectivity index (χ2v) is 9.84. The Morgan fingerprint density at radius 3 is 2.72 bits per heavy atom. The van der Waals surface area contributed by atoms with Gasteiger partial charge in [-0.1, -0.05) is 12.1 Å². The Morgan fingerprint density at radius 2 is 1.94 bits per heavy atom. The lowest BCUT2D eigenvalue weighted by atomic mass is 9.81. The number of hydrogen-bond donors (Lipinski definition) is 1. The number of imidazole rings is 1. The van der Waals surface area contributed by atoms with Crippen LogP contribution in [0.3, 0.4) is 0 Å². The van der Waals surface area contributed by atoms with E-state index in [0.717, 1.165) is 32.7 Å². The van der Waals surface area contributed by atoms with Crippen LogP contribution in [0.15, 0.2) is 53.6 Å². The molecule has 0 spiro atoms. The van der Waals surface area contributed by atoms with E-state index in [1.165, 1.54) is 36.2 Å². The summed E-state index contributed by atoms with van der Waals surface area (Å²) in [4.78, 5) is 25.9. The molecule has 3 aliphatic rings. The van der Waals surface area contributed by atoms with Crippen LogP contribution in [0.4, 0.5) is 5.69 Å². The van der Waals surface area contributed by atoms with Crippen LogP contribution in [0.2, 0.25) is 0 Å². The zero-order chi connectivity index (χ0) is 21.7. The van der Waals surface area contributed by atoms with Crippen LogP contribution >= 0.6 is 0 Å². The Morgan fingerprint density at radius 1 is 1.06 bits per heavy atom. The molecule has 1 aromatic carbocycles. The quantitative estimate of drug-likeness (QED) is 0.691. The van der Waals surface area contributed by atoms with Crippen LogP contribution in [-0.4, -0.2) is 51.7 Å². The first-order valence-electron chi connectivity index (χ1n) is 11.9. The Bertz CT molecular complexity index is 1160. The van der Waals surface area contributed by atoms with Crippen molar-refractivity contribution in [3.8, 4) is 11.4 Å². The number of aromatic nitrogens is 3. The Kier molecular flexibility index (Phi) is 4.90. The lowest BCUT2D eigenvalue weighted by molar-refractivity contribution is 0.0705. The molecule has 5 heterocycles. The molecule has 2 fully saturated rings. The van der Waals surface area contributed by atoms with Crippen LogP contribution in [0.5, 0.6) is 0 Å². The molecule has 0 unspecified atom stereocenters. The van der Waals surface area contributed by atoms with E-state index < -0.39 is 0 Å². The zero-order valence-corrected chi connectivity index (χ0v) is 18.7. The fourth-order valence-electron chi connectivity index (χ4n) is 6.19. The molecule has 0 aliphatic carbocycles. The summed E-state index contributed by atoms with van der Waals surface area (Å²) in [7, 11) is 0. The van der Waals surface area contributed by atoms with Crippen molar-refractivity contribution < 1.29 is 0 Å². The molecule has 0 radical (unpaired) electrons. The van der Waals surface area contributed by atoms with Gasteiger partial charge in [0.05, 0.1) is 5.56 Å². The van der Waals surface area contributed by atoms with Gasteiger partial charge in [-0.3, -0.25) is 9.69 Å². The first kappa shape index (κ1) is 19.8. The van der Waals surface area contributed by atoms with Gasteiger partial charge in [0.15, 0.2) is 0 Å². The highest BCUT2D eigenvalue weighted by Gasteiger charge is 2.38. The number of H-pyrrole nitrogens is 1. The SMILES string of the molecule is Cc1cccc(N2CCC(N3C[C@@H]4C[C@H](C3)c3ccc(-c5ncc[nH]5)c(=O)n3C4)CC2)c1. The molecular weight excluding hydrogens is 398 g/mol. The van der Waals surface area contributed by atoms with Gasteiger partial charge in [0.2, 0.25) is 0 Å². The van der Waals surface area contributed by atoms with Crippen LogP contribution in [0.25, 0.3) is 11.4 Å². The van der Waals surface area contributed by atoms with E-state index in [1.807, 2.05) is 10.6 Å². The molecule has 2 saturated heterocycles. The number of likely N-dealkylation sites (tertiary alicyclic amines) is 1. The molecule has 3 aliphatic heterocycles. The third-order valence-corrected chi connectivity index (χ3v) is 7.73. The van der Waals surface area contributed by atoms with E-state index in [4.69, 9.17) is 0 Å². The van der Waals surface area contributed by atoms with Gasteiger partial charge in [-0.15, -0.1) is 0 Å². The second kappa shape index (κ2) is 7.93. The molecule has 1 N–H and O–H groups in total. The van der Waals surface area contributed by atoms with Crippen LogP contribution in [0, 0.1) is 12.8 Å². The Labute approximate surface area is 188 Å². The summed E-state index contributed by atoms with van der Waals surface area (Å²) in [6.07, 6.45) is 7.12. The second-order valence-electron chi connectivity index (χ2n) is 9.84. The van der Waals surface area contributed by atoms with Gasteiger partial charge in [0.25, 0.3) is 5.56 Å². The minimum Gasteiger partial charge on any atom is -0.371 e. The molecule has 2 aromatic heterocycles. The van der Waals surface area contributed by atoms with Gasteiger partial charge in [0, 0.05) is 68.5 Å². The molecule has 2 atom stereocenters. The standard InChI is InChI=1S/C26H31N5O/c1-18-3-2-4-22(13-18)29-11-7-21(8-12-29)30-15-19-14-20(17-30)24-6-5-23(25-27-9-10-28-25)26(32)31(24)16-19/h2-6,9-10,13,19-21H,7-8,11-12,14-17H2,1H3,(H,27,28)/t19-,20+/m0/s1. The van der Waals surface area contributed by atoms with Crippen LogP contribution in [-0.2, 0) is 6.54 Å². The van der Waals surface area contributed by atoms with Crippen molar-refractivity contribution in [2.75, 3.05) is 31.1 Å². The number of rotatable bonds is 3. The maximum atomic E-state index is 13.2. The number of benzene rings is 1. The van der Waals surface area contributed by atoms with Crippen molar-refractivity contribution in [3.63, 3.8) is 0 Å². The molecule has 6 rings (SSSR count). The average molecular weight is 430 g/mol. The number of hydrogen-bond acceptors (Lipinski definition) is 4. The number of aromatic amines is 1. The lowest BCUT2D eigenvalue weighted by Crippen LogP contribution is -2.53. The van der Waals surface area contributed by atoms with E-state index in [9.17, 15) is 4.79 Å². The first-order chi connectivity index (χ1) is 15.7. The Balaban J connectivity index is 1.17. The number of pyridine rings is 1. The molecule has 32 heavy (non-hydrogen) atoms. The molecule has 0 saturated carbocycles. The minimum absolute atomic E-state index is 0.104. The highest BCUT2D eigenvalue weighted by Crippen LogP contribution is 2.37. The average Bonchev–Trinajstić information content (AvgIpc) is 3.34. The van der Waals surface area contributed by atoms with Crippen LogP contribution in [0.1, 0.15) is 36.4 Å². The summed E-state index contributed by atoms with van der Waals surface area (Å²) in [6.45, 7) is 7.44. The largest absolute Gasteiger partial charge is 0.371 e. The van der Waals surface area contributed by atoms with Crippen molar-refractivity contribution in [1.29, 1.82) is 0 Å². The van der Waals surface area contributed by atoms with Gasteiger partial charge in [-0.05, 0) is 61.9 Å². The number of nitrogens with one attached hydrogen (secondary N) is 1. The van der Waals surface area contributed by atoms with Crippen molar-refractivity contribution in [2.45, 2.75) is 44.7 Å². The summed E-state index contributed by atoms with van der Waals surface area (Å²) < 4.78 is 2.04. The van der Waals surface area contributed by atoms with Crippen molar-refractivity contribution >= 4 is 5.69 Å². The maximum Gasteiger partial charge on any atom is 0.261 e. The zero-order valence-electron chi connectivity index (χ0n) is 18.7. The predicted molar refractivity (Wildman–Crippen MR) is 127 cm³/mol. The van der Waals surface area contributed by atoms with Gasteiger partial charge in [-0.2, -0.15) is 0 Å². The van der Waals surface area contributed by atoms with Crippen molar-refractivity contribution in [2.24, 2.45) is 5.92 Å². The highest BCUT2D eigenvalue weighted by molar-refractivity contribution is 5.54. The van der Waals surface area contributed by atoms with Gasteiger partial charge in [0.1, 0.15) is 5.82 Å². The molecule has 2 bridgehead atoms. The third-order valence-electron chi connectivity index (χ3n) is 7.73. The number of nitrogens with zero attached hydrogens (tertiary/aromatic N) is 4. The summed E-state index contributed by atoms with van der Waals surface area (Å²) in [6, 6.07) is 13.7. The molecule has 3 aromatic rings. The molecule has 166 valence electrons. The Hall–Kier alpha value is -2.86. The first-order valence-corrected chi connectivity index (χ1v) is 11.9. The van der Waals surface area contributed by atoms with E-state index in [1.54, 1.807) is 12.4 Å². The summed E-state index contributed by atoms with van der Waals surface area (Å²) in [5, 5.41) is 0. The van der Waals surface area contributed by atoms with Gasteiger partial charge >= 0.3 is 0 Å². The van der Waals surface area contributed by atoms with E-state index in [2.05, 4.69) is 57.0 Å². The van der Waals surface area contributed by atoms with Gasteiger partial charge in [-0.25, -0.2) is 4.98 Å². The fraction of sp³-hybridized carbons (Fsp3) is 0.462. The molecule has 6 nitrogen and oxygen atoms in total. The number of fused-ring (bicyclic) bond motifs is 4. The molecule has 6 heteroatoms. The van der Waals surface area contributed by atoms with Gasteiger partial charge < -0.3 is 14.5 Å². The van der Waals surface area contributed by atoms with Crippen LogP contribution < -0.4 is 10.5 Å². The highest BCUT2D eigenvalue weighted by atomic mass is 16.1. The summed E-state index contributed by atoms with van der Waals surface area (Å²) in [5.74, 6) is 1.68. The fourth-order valence-corrected chi connectivity index (χ4v) is 6.19. The third kappa shape index (κ3) is 3.47. The molecule has 0 amide bonds. The van der Waals surface area contributed by atoms with E-state index >= 15 is 0 Å². The van der Waals surface area contributed by atoms with E-state index in [-0.39, 0.29) is 5.56 Å².